The molecule has 4 aliphatic rings. The fourth-order valence-corrected chi connectivity index (χ4v) is 5.51. The summed E-state index contributed by atoms with van der Waals surface area (Å²) >= 11 is 0. The van der Waals surface area contributed by atoms with E-state index in [0.717, 1.165) is 57.2 Å². The van der Waals surface area contributed by atoms with E-state index in [1.807, 2.05) is 0 Å². The standard InChI is InChI=1S/C25H31N7O/c1-30-12-14-32(15-13-30)19-4-2-18(3-5-19)23-28-22-20(6-9-26-24(22)29-23)25(33)27-21-16-31-10-7-17(21)8-11-31/h2-6,9,17,21H,7-8,10-16H2,1H3,(H,27,33)(H,26,28,29). The molecule has 2 N–H and O–H groups in total. The third-order valence-electron chi connectivity index (χ3n) is 7.62. The van der Waals surface area contributed by atoms with Crippen LogP contribution in [0.3, 0.4) is 0 Å². The van der Waals surface area contributed by atoms with E-state index in [1.54, 1.807) is 12.3 Å². The van der Waals surface area contributed by atoms with Crippen molar-refractivity contribution < 1.29 is 4.79 Å². The molecule has 8 heteroatoms. The zero-order valence-electron chi connectivity index (χ0n) is 19.1. The van der Waals surface area contributed by atoms with Crippen LogP contribution in [0.15, 0.2) is 36.5 Å². The molecule has 4 saturated heterocycles. The first-order valence-corrected chi connectivity index (χ1v) is 12.1. The Morgan fingerprint density at radius 3 is 2.48 bits per heavy atom. The van der Waals surface area contributed by atoms with Crippen LogP contribution in [0.25, 0.3) is 22.6 Å². The van der Waals surface area contributed by atoms with Crippen molar-refractivity contribution in [2.75, 3.05) is 57.8 Å². The zero-order valence-corrected chi connectivity index (χ0v) is 19.1. The van der Waals surface area contributed by atoms with Gasteiger partial charge in [-0.2, -0.15) is 0 Å². The molecule has 0 aliphatic carbocycles. The average Bonchev–Trinajstić information content (AvgIpc) is 3.30. The van der Waals surface area contributed by atoms with Gasteiger partial charge in [-0.25, -0.2) is 9.97 Å². The van der Waals surface area contributed by atoms with E-state index in [4.69, 9.17) is 0 Å². The summed E-state index contributed by atoms with van der Waals surface area (Å²) in [6, 6.07) is 10.5. The minimum Gasteiger partial charge on any atom is -0.369 e. The molecule has 172 valence electrons. The highest BCUT2D eigenvalue weighted by Gasteiger charge is 2.35. The normalized spacial score (nSPS) is 25.5. The zero-order chi connectivity index (χ0) is 22.4. The van der Waals surface area contributed by atoms with E-state index in [-0.39, 0.29) is 11.9 Å². The number of carbonyl (C=O) groups is 1. The van der Waals surface area contributed by atoms with Crippen LogP contribution in [0.5, 0.6) is 0 Å². The summed E-state index contributed by atoms with van der Waals surface area (Å²) in [6.07, 6.45) is 4.03. The first-order chi connectivity index (χ1) is 16.1. The SMILES string of the molecule is CN1CCN(c2ccc(-c3nc4nccc(C(=O)NC5CN6CCC5CC6)c4[nH]3)cc2)CC1. The van der Waals surface area contributed by atoms with E-state index < -0.39 is 0 Å². The summed E-state index contributed by atoms with van der Waals surface area (Å²) in [6.45, 7) is 7.54. The van der Waals surface area contributed by atoms with Gasteiger partial charge in [-0.05, 0) is 69.2 Å². The molecular formula is C25H31N7O. The highest BCUT2D eigenvalue weighted by atomic mass is 16.1. The van der Waals surface area contributed by atoms with Gasteiger partial charge in [0.15, 0.2) is 5.65 Å². The Hall–Kier alpha value is -2.97. The molecule has 0 saturated carbocycles. The molecule has 7 rings (SSSR count). The number of carbonyl (C=O) groups excluding carboxylic acids is 1. The highest BCUT2D eigenvalue weighted by Crippen LogP contribution is 2.29. The van der Waals surface area contributed by atoms with Gasteiger partial charge >= 0.3 is 0 Å². The Labute approximate surface area is 194 Å². The summed E-state index contributed by atoms with van der Waals surface area (Å²) < 4.78 is 0. The Kier molecular flexibility index (Phi) is 5.27. The number of likely N-dealkylation sites (N-methyl/N-ethyl adjacent to an activating group) is 1. The number of H-pyrrole nitrogens is 1. The van der Waals surface area contributed by atoms with Gasteiger partial charge in [0, 0.05) is 56.2 Å². The van der Waals surface area contributed by atoms with Crippen molar-refractivity contribution in [2.45, 2.75) is 18.9 Å². The Bertz CT molecular complexity index is 1140. The maximum absolute atomic E-state index is 13.2. The van der Waals surface area contributed by atoms with Crippen LogP contribution in [-0.4, -0.2) is 89.6 Å². The lowest BCUT2D eigenvalue weighted by Gasteiger charge is -2.44. The smallest absolute Gasteiger partial charge is 0.253 e. The molecule has 1 aromatic carbocycles. The van der Waals surface area contributed by atoms with E-state index >= 15 is 0 Å². The summed E-state index contributed by atoms with van der Waals surface area (Å²) in [5.74, 6) is 1.29. The quantitative estimate of drug-likeness (QED) is 0.641. The van der Waals surface area contributed by atoms with Crippen molar-refractivity contribution in [1.29, 1.82) is 0 Å². The molecule has 4 fully saturated rings. The van der Waals surface area contributed by atoms with Crippen LogP contribution in [-0.2, 0) is 0 Å². The fraction of sp³-hybridized carbons (Fsp3) is 0.480. The molecule has 33 heavy (non-hydrogen) atoms. The predicted molar refractivity (Wildman–Crippen MR) is 129 cm³/mol. The van der Waals surface area contributed by atoms with Crippen molar-refractivity contribution in [2.24, 2.45) is 5.92 Å². The van der Waals surface area contributed by atoms with Crippen molar-refractivity contribution in [3.05, 3.63) is 42.1 Å². The maximum Gasteiger partial charge on any atom is 0.253 e. The van der Waals surface area contributed by atoms with Crippen molar-refractivity contribution in [3.8, 4) is 11.4 Å². The molecule has 0 spiro atoms. The summed E-state index contributed by atoms with van der Waals surface area (Å²) in [4.78, 5) is 32.9. The number of piperazine rings is 1. The second-order valence-electron chi connectivity index (χ2n) is 9.70. The number of anilines is 1. The van der Waals surface area contributed by atoms with E-state index in [9.17, 15) is 4.79 Å². The van der Waals surface area contributed by atoms with Crippen LogP contribution in [0.1, 0.15) is 23.2 Å². The number of piperidine rings is 3. The molecule has 0 radical (unpaired) electrons. The number of imidazole rings is 1. The second kappa shape index (κ2) is 8.43. The number of hydrogen-bond donors (Lipinski definition) is 2. The van der Waals surface area contributed by atoms with Crippen LogP contribution in [0.4, 0.5) is 5.69 Å². The lowest BCUT2D eigenvalue weighted by molar-refractivity contribution is 0.0621. The number of rotatable bonds is 4. The number of nitrogens with one attached hydrogen (secondary N) is 2. The minimum absolute atomic E-state index is 0.0400. The molecule has 2 aromatic heterocycles. The van der Waals surface area contributed by atoms with Gasteiger partial charge in [0.05, 0.1) is 11.1 Å². The Balaban J connectivity index is 1.22. The Morgan fingerprint density at radius 1 is 1.03 bits per heavy atom. The average molecular weight is 446 g/mol. The van der Waals surface area contributed by atoms with Gasteiger partial charge in [0.25, 0.3) is 5.91 Å². The van der Waals surface area contributed by atoms with Gasteiger partial charge < -0.3 is 25.0 Å². The van der Waals surface area contributed by atoms with Crippen LogP contribution < -0.4 is 10.2 Å². The monoisotopic (exact) mass is 445 g/mol. The van der Waals surface area contributed by atoms with Crippen molar-refractivity contribution in [1.82, 2.24) is 30.1 Å². The van der Waals surface area contributed by atoms with Crippen LogP contribution >= 0.6 is 0 Å². The van der Waals surface area contributed by atoms with Crippen molar-refractivity contribution >= 4 is 22.8 Å². The number of aromatic nitrogens is 3. The van der Waals surface area contributed by atoms with Crippen LogP contribution in [0, 0.1) is 5.92 Å². The number of amides is 1. The topological polar surface area (TPSA) is 80.4 Å². The van der Waals surface area contributed by atoms with Gasteiger partial charge in [-0.1, -0.05) is 0 Å². The summed E-state index contributed by atoms with van der Waals surface area (Å²) in [7, 11) is 2.17. The number of aromatic amines is 1. The molecule has 1 atom stereocenters. The summed E-state index contributed by atoms with van der Waals surface area (Å²) in [5, 5.41) is 3.29. The van der Waals surface area contributed by atoms with E-state index in [2.05, 4.69) is 66.3 Å². The number of pyridine rings is 1. The van der Waals surface area contributed by atoms with Gasteiger partial charge in [0.1, 0.15) is 5.82 Å². The van der Waals surface area contributed by atoms with Crippen molar-refractivity contribution in [3.63, 3.8) is 0 Å². The first-order valence-electron chi connectivity index (χ1n) is 12.1. The second-order valence-corrected chi connectivity index (χ2v) is 9.70. The number of benzene rings is 1. The van der Waals surface area contributed by atoms with Crippen LogP contribution in [0.2, 0.25) is 0 Å². The first kappa shape index (κ1) is 20.6. The third kappa shape index (κ3) is 3.98. The lowest BCUT2D eigenvalue weighted by Crippen LogP contribution is -2.57. The molecule has 1 amide bonds. The largest absolute Gasteiger partial charge is 0.369 e. The summed E-state index contributed by atoms with van der Waals surface area (Å²) in [5.41, 5.74) is 4.13. The maximum atomic E-state index is 13.2. The van der Waals surface area contributed by atoms with Gasteiger partial charge in [0.2, 0.25) is 0 Å². The highest BCUT2D eigenvalue weighted by molar-refractivity contribution is 6.04. The van der Waals surface area contributed by atoms with E-state index in [0.29, 0.717) is 22.6 Å². The van der Waals surface area contributed by atoms with Gasteiger partial charge in [-0.3, -0.25) is 4.79 Å². The molecule has 3 aromatic rings. The third-order valence-corrected chi connectivity index (χ3v) is 7.62. The predicted octanol–water partition coefficient (Wildman–Crippen LogP) is 2.20. The Morgan fingerprint density at radius 2 is 1.79 bits per heavy atom. The molecule has 8 nitrogen and oxygen atoms in total. The fourth-order valence-electron chi connectivity index (χ4n) is 5.51. The molecule has 6 heterocycles. The molecular weight excluding hydrogens is 414 g/mol. The molecule has 4 aliphatic heterocycles. The number of fused-ring (bicyclic) bond motifs is 4. The number of hydrogen-bond acceptors (Lipinski definition) is 6. The lowest BCUT2D eigenvalue weighted by atomic mass is 9.84. The van der Waals surface area contributed by atoms with Gasteiger partial charge in [-0.15, -0.1) is 0 Å². The number of nitrogens with zero attached hydrogens (tertiary/aromatic N) is 5. The van der Waals surface area contributed by atoms with E-state index in [1.165, 1.54) is 18.5 Å². The molecule has 2 bridgehead atoms. The molecule has 1 unspecified atom stereocenters. The minimum atomic E-state index is -0.0400.